The molecule has 3 rings (SSSR count). The van der Waals surface area contributed by atoms with Gasteiger partial charge in [-0.3, -0.25) is 4.79 Å². The Kier molecular flexibility index (Phi) is 7.35. The Morgan fingerprint density at radius 2 is 1.47 bits per heavy atom. The van der Waals surface area contributed by atoms with Crippen LogP contribution in [0.25, 0.3) is 0 Å². The molecule has 2 aromatic carbocycles. The first-order valence-corrected chi connectivity index (χ1v) is 10.5. The van der Waals surface area contributed by atoms with E-state index in [1.54, 1.807) is 29.2 Å². The summed E-state index contributed by atoms with van der Waals surface area (Å²) in [4.78, 5) is 36.6. The highest BCUT2D eigenvalue weighted by atomic mass is 16.5. The van der Waals surface area contributed by atoms with Crippen LogP contribution in [-0.4, -0.2) is 58.3 Å². The number of carboxylic acid groups (broad SMARTS) is 2. The van der Waals surface area contributed by atoms with E-state index in [0.717, 1.165) is 0 Å². The van der Waals surface area contributed by atoms with Gasteiger partial charge in [-0.25, -0.2) is 9.59 Å². The number of rotatable bonds is 9. The highest BCUT2D eigenvalue weighted by molar-refractivity contribution is 5.88. The summed E-state index contributed by atoms with van der Waals surface area (Å²) < 4.78 is 11.9. The van der Waals surface area contributed by atoms with E-state index in [4.69, 9.17) is 19.7 Å². The Morgan fingerprint density at radius 1 is 0.938 bits per heavy atom. The lowest BCUT2D eigenvalue weighted by Crippen LogP contribution is -2.39. The largest absolute Gasteiger partial charge is 0.491 e. The predicted octanol–water partition coefficient (Wildman–Crippen LogP) is 3.56. The topological polar surface area (TPSA) is 113 Å². The van der Waals surface area contributed by atoms with Gasteiger partial charge in [0.15, 0.2) is 0 Å². The highest BCUT2D eigenvalue weighted by Gasteiger charge is 2.37. The minimum atomic E-state index is -1.01. The molecule has 2 unspecified atom stereocenters. The smallest absolute Gasteiger partial charge is 0.335 e. The van der Waals surface area contributed by atoms with Gasteiger partial charge in [0, 0.05) is 12.8 Å². The van der Waals surface area contributed by atoms with Crippen molar-refractivity contribution in [2.75, 3.05) is 13.2 Å². The SMILES string of the molecule is CC(C)CC(=O)N1CC(Oc2ccc(C(=O)O)cc2)CC1COc1ccc(C(=O)O)cc1. The molecule has 0 bridgehead atoms. The second-order valence-electron chi connectivity index (χ2n) is 8.24. The Balaban J connectivity index is 1.66. The summed E-state index contributed by atoms with van der Waals surface area (Å²) in [6, 6.07) is 12.1. The molecule has 1 saturated heterocycles. The van der Waals surface area contributed by atoms with Crippen molar-refractivity contribution in [1.82, 2.24) is 4.90 Å². The Hall–Kier alpha value is -3.55. The first kappa shape index (κ1) is 23.1. The number of hydrogen-bond acceptors (Lipinski definition) is 5. The Bertz CT molecular complexity index is 953. The van der Waals surface area contributed by atoms with Crippen LogP contribution in [0, 0.1) is 5.92 Å². The van der Waals surface area contributed by atoms with Gasteiger partial charge in [0.1, 0.15) is 24.2 Å². The number of aromatic carboxylic acids is 2. The van der Waals surface area contributed by atoms with Crippen LogP contribution in [0.15, 0.2) is 48.5 Å². The second-order valence-corrected chi connectivity index (χ2v) is 8.24. The van der Waals surface area contributed by atoms with Crippen LogP contribution in [0.1, 0.15) is 47.4 Å². The number of carbonyl (C=O) groups excluding carboxylic acids is 1. The zero-order valence-electron chi connectivity index (χ0n) is 18.1. The molecule has 8 heteroatoms. The zero-order valence-corrected chi connectivity index (χ0v) is 18.1. The Labute approximate surface area is 186 Å². The molecule has 0 radical (unpaired) electrons. The second kappa shape index (κ2) is 10.2. The molecule has 1 amide bonds. The van der Waals surface area contributed by atoms with E-state index in [1.807, 2.05) is 13.8 Å². The van der Waals surface area contributed by atoms with Crippen LogP contribution in [-0.2, 0) is 4.79 Å². The number of ether oxygens (including phenoxy) is 2. The first-order chi connectivity index (χ1) is 15.2. The van der Waals surface area contributed by atoms with Crippen molar-refractivity contribution in [2.45, 2.75) is 38.8 Å². The monoisotopic (exact) mass is 441 g/mol. The van der Waals surface area contributed by atoms with Crippen LogP contribution in [0.3, 0.4) is 0 Å². The summed E-state index contributed by atoms with van der Waals surface area (Å²) in [5.74, 6) is -0.689. The number of carboxylic acids is 2. The molecule has 1 heterocycles. The summed E-state index contributed by atoms with van der Waals surface area (Å²) in [6.07, 6.45) is 0.742. The highest BCUT2D eigenvalue weighted by Crippen LogP contribution is 2.26. The van der Waals surface area contributed by atoms with Gasteiger partial charge < -0.3 is 24.6 Å². The lowest BCUT2D eigenvalue weighted by atomic mass is 10.1. The molecule has 170 valence electrons. The molecule has 1 aliphatic heterocycles. The van der Waals surface area contributed by atoms with Gasteiger partial charge in [0.05, 0.1) is 23.7 Å². The van der Waals surface area contributed by atoms with Gasteiger partial charge in [-0.15, -0.1) is 0 Å². The van der Waals surface area contributed by atoms with Crippen molar-refractivity contribution < 1.29 is 34.1 Å². The summed E-state index contributed by atoms with van der Waals surface area (Å²) >= 11 is 0. The number of carbonyl (C=O) groups is 3. The molecule has 2 atom stereocenters. The van der Waals surface area contributed by atoms with E-state index < -0.39 is 11.9 Å². The average molecular weight is 441 g/mol. The van der Waals surface area contributed by atoms with E-state index >= 15 is 0 Å². The van der Waals surface area contributed by atoms with Crippen LogP contribution in [0.5, 0.6) is 11.5 Å². The van der Waals surface area contributed by atoms with E-state index in [9.17, 15) is 14.4 Å². The normalized spacial score (nSPS) is 17.9. The van der Waals surface area contributed by atoms with E-state index in [1.165, 1.54) is 24.3 Å². The van der Waals surface area contributed by atoms with Gasteiger partial charge in [-0.1, -0.05) is 13.8 Å². The third-order valence-corrected chi connectivity index (χ3v) is 5.23. The standard InChI is InChI=1S/C24H27NO7/c1-15(2)11-22(26)25-13-21(32-20-9-5-17(6-10-20)24(29)30)12-18(25)14-31-19-7-3-16(4-8-19)23(27)28/h3-10,15,18,21H,11-14H2,1-2H3,(H,27,28)(H,29,30). The van der Waals surface area contributed by atoms with Crippen LogP contribution in [0.4, 0.5) is 0 Å². The fourth-order valence-electron chi connectivity index (χ4n) is 3.64. The number of benzene rings is 2. The van der Waals surface area contributed by atoms with E-state index in [0.29, 0.717) is 30.9 Å². The van der Waals surface area contributed by atoms with E-state index in [-0.39, 0.29) is 41.7 Å². The molecular formula is C24H27NO7. The van der Waals surface area contributed by atoms with Crippen molar-refractivity contribution >= 4 is 17.8 Å². The third-order valence-electron chi connectivity index (χ3n) is 5.23. The maximum absolute atomic E-state index is 12.8. The van der Waals surface area contributed by atoms with E-state index in [2.05, 4.69) is 0 Å². The minimum Gasteiger partial charge on any atom is -0.491 e. The Morgan fingerprint density at radius 3 is 1.97 bits per heavy atom. The molecule has 32 heavy (non-hydrogen) atoms. The molecule has 2 N–H and O–H groups in total. The molecule has 1 fully saturated rings. The van der Waals surface area contributed by atoms with Crippen molar-refractivity contribution in [3.8, 4) is 11.5 Å². The number of nitrogens with zero attached hydrogens (tertiary/aromatic N) is 1. The van der Waals surface area contributed by atoms with Crippen LogP contribution >= 0.6 is 0 Å². The van der Waals surface area contributed by atoms with Crippen molar-refractivity contribution in [3.63, 3.8) is 0 Å². The summed E-state index contributed by atoms with van der Waals surface area (Å²) in [5.41, 5.74) is 0.354. The number of hydrogen-bond donors (Lipinski definition) is 2. The van der Waals surface area contributed by atoms with Gasteiger partial charge in [-0.2, -0.15) is 0 Å². The minimum absolute atomic E-state index is 0.0298. The molecule has 0 spiro atoms. The number of likely N-dealkylation sites (tertiary alicyclic amines) is 1. The molecule has 0 saturated carbocycles. The summed E-state index contributed by atoms with van der Waals surface area (Å²) in [7, 11) is 0. The van der Waals surface area contributed by atoms with Gasteiger partial charge in [-0.05, 0) is 54.4 Å². The fourth-order valence-corrected chi connectivity index (χ4v) is 3.64. The molecule has 0 aliphatic carbocycles. The van der Waals surface area contributed by atoms with Gasteiger partial charge in [0.25, 0.3) is 0 Å². The van der Waals surface area contributed by atoms with Crippen LogP contribution < -0.4 is 9.47 Å². The molecule has 1 aliphatic rings. The zero-order chi connectivity index (χ0) is 23.3. The van der Waals surface area contributed by atoms with Crippen molar-refractivity contribution in [1.29, 1.82) is 0 Å². The molecule has 2 aromatic rings. The summed E-state index contributed by atoms with van der Waals surface area (Å²) in [6.45, 7) is 4.65. The number of amides is 1. The lowest BCUT2D eigenvalue weighted by Gasteiger charge is -2.25. The van der Waals surface area contributed by atoms with Crippen molar-refractivity contribution in [3.05, 3.63) is 59.7 Å². The predicted molar refractivity (Wildman–Crippen MR) is 116 cm³/mol. The molecule has 0 aromatic heterocycles. The van der Waals surface area contributed by atoms with Crippen molar-refractivity contribution in [2.24, 2.45) is 5.92 Å². The molecule has 8 nitrogen and oxygen atoms in total. The lowest BCUT2D eigenvalue weighted by molar-refractivity contribution is -0.133. The maximum Gasteiger partial charge on any atom is 0.335 e. The van der Waals surface area contributed by atoms with Gasteiger partial charge >= 0.3 is 11.9 Å². The first-order valence-electron chi connectivity index (χ1n) is 10.5. The van der Waals surface area contributed by atoms with Crippen LogP contribution in [0.2, 0.25) is 0 Å². The molecular weight excluding hydrogens is 414 g/mol. The van der Waals surface area contributed by atoms with Gasteiger partial charge in [0.2, 0.25) is 5.91 Å². The maximum atomic E-state index is 12.8. The third kappa shape index (κ3) is 6.00. The quantitative estimate of drug-likeness (QED) is 0.612. The fraction of sp³-hybridized carbons (Fsp3) is 0.375. The summed E-state index contributed by atoms with van der Waals surface area (Å²) in [5, 5.41) is 18.0. The average Bonchev–Trinajstić information content (AvgIpc) is 3.15.